The predicted octanol–water partition coefficient (Wildman–Crippen LogP) is 6.11. The van der Waals surface area contributed by atoms with Gasteiger partial charge in [0.1, 0.15) is 6.54 Å². The van der Waals surface area contributed by atoms with Gasteiger partial charge in [0.05, 0.1) is 17.4 Å². The van der Waals surface area contributed by atoms with Gasteiger partial charge in [-0.15, -0.1) is 0 Å². The fraction of sp³-hybridized carbons (Fsp3) is 0.250. The Morgan fingerprint density at radius 3 is 2.30 bits per heavy atom. The molecule has 2 fully saturated rings. The van der Waals surface area contributed by atoms with E-state index in [0.717, 1.165) is 46.6 Å². The molecule has 9 nitrogen and oxygen atoms in total. The Morgan fingerprint density at radius 1 is 0.884 bits per heavy atom. The molecule has 0 N–H and O–H groups in total. The van der Waals surface area contributed by atoms with Crippen LogP contribution in [0.15, 0.2) is 99.9 Å². The first-order chi connectivity index (χ1) is 20.9. The van der Waals surface area contributed by atoms with Gasteiger partial charge in [-0.3, -0.25) is 19.4 Å². The van der Waals surface area contributed by atoms with Gasteiger partial charge in [-0.1, -0.05) is 70.9 Å². The van der Waals surface area contributed by atoms with Gasteiger partial charge in [0.2, 0.25) is 0 Å². The molecule has 3 heterocycles. The Labute approximate surface area is 258 Å². The van der Waals surface area contributed by atoms with E-state index in [-0.39, 0.29) is 24.4 Å². The normalized spacial score (nSPS) is 25.4. The number of nitrogens with zero attached hydrogens (tertiary/aromatic N) is 6. The zero-order chi connectivity index (χ0) is 29.7. The molecule has 1 saturated carbocycles. The fourth-order valence-electron chi connectivity index (χ4n) is 6.36. The maximum absolute atomic E-state index is 14.0. The molecule has 3 amide bonds. The molecule has 3 aromatic rings. The molecular formula is C32H26Cl2N6O3. The molecule has 0 spiro atoms. The first kappa shape index (κ1) is 27.5. The summed E-state index contributed by atoms with van der Waals surface area (Å²) in [5.74, 6) is -1.27. The minimum Gasteiger partial charge on any atom is -0.271 e. The second-order valence-electron chi connectivity index (χ2n) is 11.0. The molecular weight excluding hydrogens is 587 g/mol. The van der Waals surface area contributed by atoms with E-state index in [1.54, 1.807) is 24.3 Å². The number of para-hydroxylation sites is 1. The Morgan fingerprint density at radius 2 is 1.58 bits per heavy atom. The summed E-state index contributed by atoms with van der Waals surface area (Å²) >= 11 is 12.3. The highest BCUT2D eigenvalue weighted by atomic mass is 35.5. The minimum absolute atomic E-state index is 0.0198. The molecule has 216 valence electrons. The summed E-state index contributed by atoms with van der Waals surface area (Å²) in [6.45, 7) is -0.254. The van der Waals surface area contributed by atoms with Gasteiger partial charge in [0, 0.05) is 16.0 Å². The summed E-state index contributed by atoms with van der Waals surface area (Å²) in [4.78, 5) is 41.7. The molecule has 7 rings (SSSR count). The molecule has 0 bridgehead atoms. The third kappa shape index (κ3) is 4.92. The number of rotatable bonds is 5. The maximum Gasteiger partial charge on any atom is 0.264 e. The van der Waals surface area contributed by atoms with Crippen molar-refractivity contribution >= 4 is 58.4 Å². The van der Waals surface area contributed by atoms with Crippen LogP contribution in [0.4, 0.5) is 5.69 Å². The van der Waals surface area contributed by atoms with Crippen molar-refractivity contribution in [1.29, 1.82) is 0 Å². The van der Waals surface area contributed by atoms with Crippen LogP contribution in [0.3, 0.4) is 0 Å². The van der Waals surface area contributed by atoms with Gasteiger partial charge in [-0.2, -0.15) is 10.2 Å². The van der Waals surface area contributed by atoms with Crippen LogP contribution in [0.1, 0.15) is 36.4 Å². The number of carbonyl (C=O) groups excluding carboxylic acids is 3. The van der Waals surface area contributed by atoms with Gasteiger partial charge in [0.25, 0.3) is 17.7 Å². The molecule has 1 aliphatic carbocycles. The molecule has 43 heavy (non-hydrogen) atoms. The van der Waals surface area contributed by atoms with Gasteiger partial charge in [-0.05, 0) is 78.4 Å². The summed E-state index contributed by atoms with van der Waals surface area (Å²) in [5.41, 5.74) is 4.33. The van der Waals surface area contributed by atoms with Crippen molar-refractivity contribution < 1.29 is 14.4 Å². The van der Waals surface area contributed by atoms with Crippen LogP contribution in [0.2, 0.25) is 10.0 Å². The van der Waals surface area contributed by atoms with Crippen molar-refractivity contribution in [1.82, 2.24) is 10.0 Å². The number of imide groups is 1. The molecule has 3 aromatic carbocycles. The second kappa shape index (κ2) is 11.1. The molecule has 3 aliphatic heterocycles. The lowest BCUT2D eigenvalue weighted by atomic mass is 9.77. The van der Waals surface area contributed by atoms with Crippen molar-refractivity contribution in [3.05, 3.63) is 106 Å². The van der Waals surface area contributed by atoms with Crippen molar-refractivity contribution in [3.8, 4) is 0 Å². The smallest absolute Gasteiger partial charge is 0.264 e. The summed E-state index contributed by atoms with van der Waals surface area (Å²) in [5, 5.41) is 17.2. The van der Waals surface area contributed by atoms with E-state index in [9.17, 15) is 14.4 Å². The summed E-state index contributed by atoms with van der Waals surface area (Å²) in [6.07, 6.45) is 4.75. The standard InChI is InChI=1S/C32H26Cl2N6O3/c33-22-13-9-19(10-14-22)17-21-5-4-8-25-27(21)36-40(29(25)20-11-15-23(34)16-12-20)26(41)18-38-30-28(35-37-38)31(42)39(32(30)43)24-6-2-1-3-7-24/h1-3,6-7,9-17,25,28-30H,4-5,8,18H2/b21-17+/t25-,28+,29-,30-/m1/s1. The van der Waals surface area contributed by atoms with Crippen LogP contribution < -0.4 is 4.90 Å². The molecule has 4 aliphatic rings. The number of anilines is 1. The zero-order valence-electron chi connectivity index (χ0n) is 22.9. The summed E-state index contributed by atoms with van der Waals surface area (Å²) in [6, 6.07) is 21.5. The van der Waals surface area contributed by atoms with E-state index >= 15 is 0 Å². The Balaban J connectivity index is 1.19. The Bertz CT molecular complexity index is 1690. The van der Waals surface area contributed by atoms with E-state index in [0.29, 0.717) is 15.7 Å². The fourth-order valence-corrected chi connectivity index (χ4v) is 6.61. The van der Waals surface area contributed by atoms with Gasteiger partial charge < -0.3 is 0 Å². The highest BCUT2D eigenvalue weighted by Gasteiger charge is 2.55. The van der Waals surface area contributed by atoms with E-state index in [4.69, 9.17) is 28.3 Å². The number of hydrogen-bond acceptors (Lipinski definition) is 7. The molecule has 0 unspecified atom stereocenters. The number of allylic oxidation sites excluding steroid dienone is 1. The molecule has 0 aromatic heterocycles. The van der Waals surface area contributed by atoms with Crippen LogP contribution in [-0.4, -0.2) is 52.1 Å². The number of fused-ring (bicyclic) bond motifs is 2. The maximum atomic E-state index is 14.0. The third-order valence-electron chi connectivity index (χ3n) is 8.35. The molecule has 0 radical (unpaired) electrons. The number of amides is 3. The minimum atomic E-state index is -0.992. The number of hydrazone groups is 1. The SMILES string of the molecule is O=C1[C@H]2N=NN(CC(=O)N3N=C4/C(=C/c5ccc(Cl)cc5)CCC[C@H]4[C@H]3c3ccc(Cl)cc3)[C@H]2C(=O)N1c1ccccc1. The zero-order valence-corrected chi connectivity index (χ0v) is 24.4. The van der Waals surface area contributed by atoms with Gasteiger partial charge >= 0.3 is 0 Å². The average Bonchev–Trinajstić information content (AvgIpc) is 3.68. The summed E-state index contributed by atoms with van der Waals surface area (Å²) < 4.78 is 0. The number of hydrogen-bond donors (Lipinski definition) is 0. The Kier molecular flexibility index (Phi) is 7.07. The monoisotopic (exact) mass is 612 g/mol. The van der Waals surface area contributed by atoms with Gasteiger partial charge in [0.15, 0.2) is 12.1 Å². The highest BCUT2D eigenvalue weighted by Crippen LogP contribution is 2.45. The van der Waals surface area contributed by atoms with E-state index in [1.165, 1.54) is 10.0 Å². The second-order valence-corrected chi connectivity index (χ2v) is 11.9. The van der Waals surface area contributed by atoms with Gasteiger partial charge in [-0.25, -0.2) is 9.91 Å². The topological polar surface area (TPSA) is 98.0 Å². The third-order valence-corrected chi connectivity index (χ3v) is 8.85. The van der Waals surface area contributed by atoms with Crippen molar-refractivity contribution in [3.63, 3.8) is 0 Å². The molecule has 11 heteroatoms. The quantitative estimate of drug-likeness (QED) is 0.325. The summed E-state index contributed by atoms with van der Waals surface area (Å²) in [7, 11) is 0. The van der Waals surface area contributed by atoms with Crippen molar-refractivity contribution in [2.45, 2.75) is 37.4 Å². The van der Waals surface area contributed by atoms with Crippen LogP contribution >= 0.6 is 23.2 Å². The van der Waals surface area contributed by atoms with Crippen LogP contribution in [-0.2, 0) is 14.4 Å². The first-order valence-corrected chi connectivity index (χ1v) is 14.9. The number of benzene rings is 3. The number of halogens is 2. The van der Waals surface area contributed by atoms with Crippen LogP contribution in [0.25, 0.3) is 6.08 Å². The van der Waals surface area contributed by atoms with Crippen molar-refractivity contribution in [2.24, 2.45) is 21.4 Å². The first-order valence-electron chi connectivity index (χ1n) is 14.1. The molecule has 4 atom stereocenters. The Hall–Kier alpha value is -4.34. The van der Waals surface area contributed by atoms with E-state index in [2.05, 4.69) is 16.4 Å². The lowest BCUT2D eigenvalue weighted by Gasteiger charge is -2.30. The molecule has 1 saturated heterocycles. The van der Waals surface area contributed by atoms with Crippen LogP contribution in [0.5, 0.6) is 0 Å². The predicted molar refractivity (Wildman–Crippen MR) is 163 cm³/mol. The van der Waals surface area contributed by atoms with Crippen LogP contribution in [0, 0.1) is 5.92 Å². The van der Waals surface area contributed by atoms with E-state index in [1.807, 2.05) is 54.6 Å². The lowest BCUT2D eigenvalue weighted by molar-refractivity contribution is -0.136. The van der Waals surface area contributed by atoms with E-state index < -0.39 is 23.9 Å². The largest absolute Gasteiger partial charge is 0.271 e. The van der Waals surface area contributed by atoms with Crippen molar-refractivity contribution in [2.75, 3.05) is 11.4 Å². The number of carbonyl (C=O) groups is 3. The lowest BCUT2D eigenvalue weighted by Crippen LogP contribution is -2.45. The average molecular weight is 614 g/mol. The highest BCUT2D eigenvalue weighted by molar-refractivity contribution is 6.31.